The Morgan fingerprint density at radius 3 is 2.86 bits per heavy atom. The van der Waals surface area contributed by atoms with Crippen LogP contribution in [-0.4, -0.2) is 25.5 Å². The number of carbonyl (C=O) groups is 2. The first kappa shape index (κ1) is 10.7. The topological polar surface area (TPSA) is 75.4 Å². The van der Waals surface area contributed by atoms with Gasteiger partial charge in [0.25, 0.3) is 0 Å². The number of hydrogen-bond donors (Lipinski definition) is 2. The highest BCUT2D eigenvalue weighted by molar-refractivity contribution is 7.14. The smallest absolute Gasteiger partial charge is 0.322 e. The number of hydrogen-bond acceptors (Lipinski definition) is 4. The predicted molar refractivity (Wildman–Crippen MR) is 55.3 cm³/mol. The summed E-state index contributed by atoms with van der Waals surface area (Å²) in [5.41, 5.74) is 5.06. The maximum Gasteiger partial charge on any atom is 0.328 e. The van der Waals surface area contributed by atoms with Gasteiger partial charge in [0.15, 0.2) is 0 Å². The highest BCUT2D eigenvalue weighted by Crippen LogP contribution is 2.19. The van der Waals surface area contributed by atoms with Crippen molar-refractivity contribution in [3.63, 3.8) is 0 Å². The molecule has 3 amide bonds. The average Bonchev–Trinajstić information content (AvgIpc) is 2.69. The molecule has 0 unspecified atom stereocenters. The summed E-state index contributed by atoms with van der Waals surface area (Å²) in [7, 11) is 1.59. The van der Waals surface area contributed by atoms with Crippen molar-refractivity contribution in [1.29, 1.82) is 0 Å². The molecule has 0 atom stereocenters. The Kier molecular flexibility index (Phi) is 3.61. The van der Waals surface area contributed by atoms with Crippen molar-refractivity contribution in [3.05, 3.63) is 17.5 Å². The normalized spacial score (nSPS) is 9.57. The molecule has 3 N–H and O–H groups in total. The molecule has 1 aromatic heterocycles. The summed E-state index contributed by atoms with van der Waals surface area (Å²) in [6.07, 6.45) is 0. The van der Waals surface area contributed by atoms with Crippen molar-refractivity contribution in [3.8, 4) is 0 Å². The highest BCUT2D eigenvalue weighted by atomic mass is 32.1. The van der Waals surface area contributed by atoms with Crippen LogP contribution in [0.25, 0.3) is 0 Å². The van der Waals surface area contributed by atoms with E-state index in [9.17, 15) is 9.59 Å². The zero-order valence-electron chi connectivity index (χ0n) is 7.69. The van der Waals surface area contributed by atoms with Gasteiger partial charge >= 0.3 is 6.03 Å². The van der Waals surface area contributed by atoms with Gasteiger partial charge in [0, 0.05) is 7.05 Å². The maximum atomic E-state index is 11.4. The Labute approximate surface area is 85.5 Å². The number of nitrogens with two attached hydrogens (primary N) is 1. The Balaban J connectivity index is 2.58. The minimum atomic E-state index is -0.488. The second kappa shape index (κ2) is 4.73. The molecule has 0 fully saturated rings. The Morgan fingerprint density at radius 2 is 2.36 bits per heavy atom. The first-order valence-electron chi connectivity index (χ1n) is 3.96. The fourth-order valence-electron chi connectivity index (χ4n) is 0.815. The van der Waals surface area contributed by atoms with Crippen molar-refractivity contribution >= 4 is 28.3 Å². The molecule has 5 nitrogen and oxygen atoms in total. The maximum absolute atomic E-state index is 11.4. The lowest BCUT2D eigenvalue weighted by molar-refractivity contribution is -0.118. The fraction of sp³-hybridized carbons (Fsp3) is 0.250. The average molecular weight is 213 g/mol. The lowest BCUT2D eigenvalue weighted by Gasteiger charge is -2.14. The van der Waals surface area contributed by atoms with Gasteiger partial charge < -0.3 is 5.73 Å². The van der Waals surface area contributed by atoms with Crippen LogP contribution in [0.2, 0.25) is 0 Å². The number of carbonyl (C=O) groups excluding carboxylic acids is 2. The number of nitrogens with zero attached hydrogens (tertiary/aromatic N) is 1. The summed E-state index contributed by atoms with van der Waals surface area (Å²) < 4.78 is 0. The zero-order chi connectivity index (χ0) is 10.6. The number of nitrogens with one attached hydrogen (secondary N) is 1. The van der Waals surface area contributed by atoms with Crippen molar-refractivity contribution in [2.24, 2.45) is 5.73 Å². The van der Waals surface area contributed by atoms with E-state index in [4.69, 9.17) is 5.73 Å². The SMILES string of the molecule is CN(C(=O)NC(=O)CN)c1cccs1. The van der Waals surface area contributed by atoms with Gasteiger partial charge in [-0.05, 0) is 17.5 Å². The van der Waals surface area contributed by atoms with Crippen molar-refractivity contribution in [2.75, 3.05) is 18.5 Å². The summed E-state index contributed by atoms with van der Waals surface area (Å²) in [6.45, 7) is -0.190. The van der Waals surface area contributed by atoms with Crippen LogP contribution >= 0.6 is 11.3 Å². The molecule has 0 aromatic carbocycles. The van der Waals surface area contributed by atoms with E-state index in [0.717, 1.165) is 5.00 Å². The van der Waals surface area contributed by atoms with Gasteiger partial charge in [0.05, 0.1) is 11.5 Å². The number of amides is 3. The minimum Gasteiger partial charge on any atom is -0.322 e. The minimum absolute atomic E-state index is 0.190. The van der Waals surface area contributed by atoms with E-state index in [-0.39, 0.29) is 6.54 Å². The molecule has 14 heavy (non-hydrogen) atoms. The fourth-order valence-corrected chi connectivity index (χ4v) is 1.51. The largest absolute Gasteiger partial charge is 0.328 e. The molecule has 0 bridgehead atoms. The molecule has 0 saturated heterocycles. The van der Waals surface area contributed by atoms with E-state index in [1.807, 2.05) is 11.4 Å². The summed E-state index contributed by atoms with van der Waals surface area (Å²) in [5, 5.41) is 4.77. The van der Waals surface area contributed by atoms with Gasteiger partial charge in [-0.1, -0.05) is 0 Å². The van der Waals surface area contributed by atoms with Crippen LogP contribution in [0.15, 0.2) is 17.5 Å². The van der Waals surface area contributed by atoms with Crippen LogP contribution in [0.4, 0.5) is 9.80 Å². The van der Waals surface area contributed by atoms with Gasteiger partial charge in [0.1, 0.15) is 0 Å². The Bertz CT molecular complexity index is 323. The van der Waals surface area contributed by atoms with Crippen LogP contribution in [0.5, 0.6) is 0 Å². The molecule has 1 heterocycles. The van der Waals surface area contributed by atoms with Gasteiger partial charge in [-0.25, -0.2) is 4.79 Å². The summed E-state index contributed by atoms with van der Waals surface area (Å²) in [6, 6.07) is 3.15. The molecule has 76 valence electrons. The van der Waals surface area contributed by atoms with Gasteiger partial charge in [-0.15, -0.1) is 11.3 Å². The van der Waals surface area contributed by atoms with Crippen LogP contribution in [0.1, 0.15) is 0 Å². The van der Waals surface area contributed by atoms with Crippen molar-refractivity contribution < 1.29 is 9.59 Å². The molecule has 0 aliphatic carbocycles. The monoisotopic (exact) mass is 213 g/mol. The van der Waals surface area contributed by atoms with E-state index in [1.54, 1.807) is 13.1 Å². The summed E-state index contributed by atoms with van der Waals surface area (Å²) in [4.78, 5) is 23.5. The number of anilines is 1. The number of urea groups is 1. The van der Waals surface area contributed by atoms with Crippen molar-refractivity contribution in [1.82, 2.24) is 5.32 Å². The standard InChI is InChI=1S/C8H11N3O2S/c1-11(7-3-2-4-14-7)8(13)10-6(12)5-9/h2-4H,5,9H2,1H3,(H,10,12,13). The van der Waals surface area contributed by atoms with Crippen LogP contribution in [0.3, 0.4) is 0 Å². The van der Waals surface area contributed by atoms with Gasteiger partial charge in [0.2, 0.25) is 5.91 Å². The van der Waals surface area contributed by atoms with Crippen LogP contribution < -0.4 is 16.0 Å². The lowest BCUT2D eigenvalue weighted by atomic mass is 10.5. The molecule has 0 aliphatic heterocycles. The number of imide groups is 1. The first-order chi connectivity index (χ1) is 6.65. The Hall–Kier alpha value is -1.40. The van der Waals surface area contributed by atoms with E-state index in [2.05, 4.69) is 5.32 Å². The molecule has 0 aliphatic rings. The molecule has 0 saturated carbocycles. The third-order valence-corrected chi connectivity index (χ3v) is 2.52. The third-order valence-electron chi connectivity index (χ3n) is 1.57. The molecular formula is C8H11N3O2S. The second-order valence-electron chi connectivity index (χ2n) is 2.57. The Morgan fingerprint density at radius 1 is 1.64 bits per heavy atom. The molecule has 6 heteroatoms. The molecular weight excluding hydrogens is 202 g/mol. The van der Waals surface area contributed by atoms with E-state index in [1.165, 1.54) is 16.2 Å². The van der Waals surface area contributed by atoms with Crippen molar-refractivity contribution in [2.45, 2.75) is 0 Å². The molecule has 0 radical (unpaired) electrons. The molecule has 1 rings (SSSR count). The third kappa shape index (κ3) is 2.54. The molecule has 1 aromatic rings. The second-order valence-corrected chi connectivity index (χ2v) is 3.49. The van der Waals surface area contributed by atoms with E-state index >= 15 is 0 Å². The highest BCUT2D eigenvalue weighted by Gasteiger charge is 2.13. The predicted octanol–water partition coefficient (Wildman–Crippen LogP) is 0.379. The number of rotatable bonds is 2. The van der Waals surface area contributed by atoms with E-state index < -0.39 is 11.9 Å². The quantitative estimate of drug-likeness (QED) is 0.745. The summed E-state index contributed by atoms with van der Waals surface area (Å²) in [5.74, 6) is -0.488. The van der Waals surface area contributed by atoms with Gasteiger partial charge in [-0.3, -0.25) is 15.0 Å². The van der Waals surface area contributed by atoms with E-state index in [0.29, 0.717) is 0 Å². The molecule has 0 spiro atoms. The first-order valence-corrected chi connectivity index (χ1v) is 4.84. The van der Waals surface area contributed by atoms with Crippen LogP contribution in [-0.2, 0) is 4.79 Å². The zero-order valence-corrected chi connectivity index (χ0v) is 8.50. The lowest BCUT2D eigenvalue weighted by Crippen LogP contribution is -2.43. The van der Waals surface area contributed by atoms with Gasteiger partial charge in [-0.2, -0.15) is 0 Å². The van der Waals surface area contributed by atoms with Crippen LogP contribution in [0, 0.1) is 0 Å². The number of thiophene rings is 1. The summed E-state index contributed by atoms with van der Waals surface area (Å²) >= 11 is 1.42.